The number of carbonyl (C=O) groups is 1. The first kappa shape index (κ1) is 20.5. The number of hydrogen-bond donors (Lipinski definition) is 1. The van der Waals surface area contributed by atoms with Gasteiger partial charge in [-0.1, -0.05) is 29.8 Å². The van der Waals surface area contributed by atoms with E-state index >= 15 is 0 Å². The Labute approximate surface area is 164 Å². The van der Waals surface area contributed by atoms with Crippen molar-refractivity contribution in [2.24, 2.45) is 0 Å². The van der Waals surface area contributed by atoms with Gasteiger partial charge >= 0.3 is 0 Å². The van der Waals surface area contributed by atoms with Gasteiger partial charge in [0.1, 0.15) is 0 Å². The standard InChI is InChI=1S/C20H24ClNO3S/c1-3-24-17-10-9-15(13-18(17)25-4-2)11-12-22-20(23)14-26-19-8-6-5-7-16(19)21/h5-10,13H,3-4,11-12,14H2,1-2H3,(H,22,23). The summed E-state index contributed by atoms with van der Waals surface area (Å²) in [5.41, 5.74) is 1.09. The molecule has 0 aliphatic carbocycles. The second kappa shape index (κ2) is 11.0. The molecule has 1 N–H and O–H groups in total. The van der Waals surface area contributed by atoms with Crippen LogP contribution in [-0.4, -0.2) is 31.4 Å². The van der Waals surface area contributed by atoms with Crippen LogP contribution in [0.4, 0.5) is 0 Å². The molecule has 0 aliphatic heterocycles. The molecule has 0 aliphatic rings. The fraction of sp³-hybridized carbons (Fsp3) is 0.350. The zero-order valence-corrected chi connectivity index (χ0v) is 16.7. The fourth-order valence-electron chi connectivity index (χ4n) is 2.35. The van der Waals surface area contributed by atoms with E-state index in [9.17, 15) is 4.79 Å². The number of rotatable bonds is 10. The summed E-state index contributed by atoms with van der Waals surface area (Å²) in [7, 11) is 0. The van der Waals surface area contributed by atoms with E-state index in [0.29, 0.717) is 30.5 Å². The van der Waals surface area contributed by atoms with Crippen LogP contribution in [0.1, 0.15) is 19.4 Å². The third-order valence-electron chi connectivity index (χ3n) is 3.54. The van der Waals surface area contributed by atoms with Crippen LogP contribution in [0.2, 0.25) is 5.02 Å². The summed E-state index contributed by atoms with van der Waals surface area (Å²) in [6, 6.07) is 13.4. The van der Waals surface area contributed by atoms with Crippen LogP contribution in [0.5, 0.6) is 11.5 Å². The average molecular weight is 394 g/mol. The molecule has 0 fully saturated rings. The summed E-state index contributed by atoms with van der Waals surface area (Å²) < 4.78 is 11.2. The fourth-order valence-corrected chi connectivity index (χ4v) is 3.42. The Morgan fingerprint density at radius 2 is 1.81 bits per heavy atom. The molecule has 4 nitrogen and oxygen atoms in total. The molecule has 0 atom stereocenters. The minimum Gasteiger partial charge on any atom is -0.490 e. The van der Waals surface area contributed by atoms with Crippen molar-refractivity contribution in [3.8, 4) is 11.5 Å². The van der Waals surface area contributed by atoms with Gasteiger partial charge in [-0.15, -0.1) is 11.8 Å². The Morgan fingerprint density at radius 3 is 2.54 bits per heavy atom. The summed E-state index contributed by atoms with van der Waals surface area (Å²) in [5.74, 6) is 1.83. The van der Waals surface area contributed by atoms with Gasteiger partial charge in [0.25, 0.3) is 0 Å². The van der Waals surface area contributed by atoms with E-state index in [1.165, 1.54) is 11.8 Å². The first-order chi connectivity index (χ1) is 12.6. The topological polar surface area (TPSA) is 47.6 Å². The van der Waals surface area contributed by atoms with E-state index in [2.05, 4.69) is 5.32 Å². The lowest BCUT2D eigenvalue weighted by Gasteiger charge is -2.12. The molecule has 1 amide bonds. The van der Waals surface area contributed by atoms with Crippen molar-refractivity contribution in [3.05, 3.63) is 53.1 Å². The molecule has 2 aromatic carbocycles. The molecule has 0 aromatic heterocycles. The molecule has 6 heteroatoms. The number of ether oxygens (including phenoxy) is 2. The molecular formula is C20H24ClNO3S. The number of nitrogens with one attached hydrogen (secondary N) is 1. The van der Waals surface area contributed by atoms with Crippen molar-refractivity contribution < 1.29 is 14.3 Å². The maximum Gasteiger partial charge on any atom is 0.230 e. The minimum atomic E-state index is -0.00844. The number of halogens is 1. The number of carbonyl (C=O) groups excluding carboxylic acids is 1. The Morgan fingerprint density at radius 1 is 1.08 bits per heavy atom. The Balaban J connectivity index is 1.80. The van der Waals surface area contributed by atoms with Gasteiger partial charge in [0.15, 0.2) is 11.5 Å². The number of amides is 1. The Kier molecular flexibility index (Phi) is 8.65. The largest absolute Gasteiger partial charge is 0.490 e. The van der Waals surface area contributed by atoms with Crippen LogP contribution in [0, 0.1) is 0 Å². The molecule has 0 bridgehead atoms. The lowest BCUT2D eigenvalue weighted by Crippen LogP contribution is -2.27. The maximum absolute atomic E-state index is 12.0. The smallest absolute Gasteiger partial charge is 0.230 e. The summed E-state index contributed by atoms with van der Waals surface area (Å²) in [6.07, 6.45) is 0.731. The van der Waals surface area contributed by atoms with Crippen molar-refractivity contribution in [2.75, 3.05) is 25.5 Å². The van der Waals surface area contributed by atoms with E-state index in [0.717, 1.165) is 28.4 Å². The molecule has 0 heterocycles. The molecule has 26 heavy (non-hydrogen) atoms. The lowest BCUT2D eigenvalue weighted by molar-refractivity contribution is -0.118. The highest BCUT2D eigenvalue weighted by Gasteiger charge is 2.08. The third kappa shape index (κ3) is 6.46. The molecule has 2 rings (SSSR count). The van der Waals surface area contributed by atoms with Gasteiger partial charge in [0.2, 0.25) is 5.91 Å². The molecule has 140 valence electrons. The predicted molar refractivity (Wildman–Crippen MR) is 108 cm³/mol. The lowest BCUT2D eigenvalue weighted by atomic mass is 10.1. The second-order valence-corrected chi connectivity index (χ2v) is 6.89. The minimum absolute atomic E-state index is 0.00844. The Hall–Kier alpha value is -1.85. The molecule has 0 saturated heterocycles. The zero-order valence-electron chi connectivity index (χ0n) is 15.1. The van der Waals surface area contributed by atoms with Gasteiger partial charge < -0.3 is 14.8 Å². The van der Waals surface area contributed by atoms with Crippen LogP contribution < -0.4 is 14.8 Å². The summed E-state index contributed by atoms with van der Waals surface area (Å²) in [4.78, 5) is 12.9. The SMILES string of the molecule is CCOc1ccc(CCNC(=O)CSc2ccccc2Cl)cc1OCC. The van der Waals surface area contributed by atoms with Gasteiger partial charge in [-0.3, -0.25) is 4.79 Å². The highest BCUT2D eigenvalue weighted by molar-refractivity contribution is 8.00. The van der Waals surface area contributed by atoms with E-state index < -0.39 is 0 Å². The van der Waals surface area contributed by atoms with E-state index in [1.54, 1.807) is 0 Å². The molecule has 0 radical (unpaired) electrons. The summed E-state index contributed by atoms with van der Waals surface area (Å²) in [6.45, 7) is 5.64. The second-order valence-electron chi connectivity index (χ2n) is 5.47. The number of thioether (sulfide) groups is 1. The monoisotopic (exact) mass is 393 g/mol. The normalized spacial score (nSPS) is 10.4. The van der Waals surface area contributed by atoms with E-state index in [1.807, 2.05) is 56.3 Å². The number of benzene rings is 2. The molecular weight excluding hydrogens is 370 g/mol. The highest BCUT2D eigenvalue weighted by Crippen LogP contribution is 2.29. The number of hydrogen-bond acceptors (Lipinski definition) is 4. The molecule has 0 unspecified atom stereocenters. The van der Waals surface area contributed by atoms with Crippen molar-refractivity contribution in [1.82, 2.24) is 5.32 Å². The quantitative estimate of drug-likeness (QED) is 0.600. The summed E-state index contributed by atoms with van der Waals surface area (Å²) in [5, 5.41) is 3.61. The van der Waals surface area contributed by atoms with E-state index in [-0.39, 0.29) is 5.91 Å². The van der Waals surface area contributed by atoms with Crippen molar-refractivity contribution in [2.45, 2.75) is 25.2 Å². The summed E-state index contributed by atoms with van der Waals surface area (Å²) >= 11 is 7.53. The van der Waals surface area contributed by atoms with Crippen LogP contribution in [0.15, 0.2) is 47.4 Å². The Bertz CT molecular complexity index is 724. The van der Waals surface area contributed by atoms with E-state index in [4.69, 9.17) is 21.1 Å². The van der Waals surface area contributed by atoms with Crippen molar-refractivity contribution >= 4 is 29.3 Å². The molecule has 0 saturated carbocycles. The van der Waals surface area contributed by atoms with Crippen LogP contribution >= 0.6 is 23.4 Å². The van der Waals surface area contributed by atoms with Crippen LogP contribution in [-0.2, 0) is 11.2 Å². The first-order valence-corrected chi connectivity index (χ1v) is 10.0. The third-order valence-corrected chi connectivity index (χ3v) is 5.05. The van der Waals surface area contributed by atoms with Gasteiger partial charge in [0.05, 0.1) is 24.0 Å². The highest BCUT2D eigenvalue weighted by atomic mass is 35.5. The van der Waals surface area contributed by atoms with Crippen LogP contribution in [0.3, 0.4) is 0 Å². The molecule has 0 spiro atoms. The molecule has 2 aromatic rings. The van der Waals surface area contributed by atoms with Gasteiger partial charge in [-0.25, -0.2) is 0 Å². The van der Waals surface area contributed by atoms with Crippen molar-refractivity contribution in [1.29, 1.82) is 0 Å². The average Bonchev–Trinajstić information content (AvgIpc) is 2.63. The van der Waals surface area contributed by atoms with Gasteiger partial charge in [-0.2, -0.15) is 0 Å². The zero-order chi connectivity index (χ0) is 18.8. The first-order valence-electron chi connectivity index (χ1n) is 8.66. The van der Waals surface area contributed by atoms with Gasteiger partial charge in [0, 0.05) is 11.4 Å². The maximum atomic E-state index is 12.0. The predicted octanol–water partition coefficient (Wildman–Crippen LogP) is 4.59. The van der Waals surface area contributed by atoms with Gasteiger partial charge in [-0.05, 0) is 50.1 Å². The van der Waals surface area contributed by atoms with Crippen LogP contribution in [0.25, 0.3) is 0 Å². The van der Waals surface area contributed by atoms with Crippen molar-refractivity contribution in [3.63, 3.8) is 0 Å².